The van der Waals surface area contributed by atoms with E-state index in [0.29, 0.717) is 6.04 Å². The maximum Gasteiger partial charge on any atom is 0.227 e. The van der Waals surface area contributed by atoms with Crippen LogP contribution in [0.4, 0.5) is 11.4 Å². The third kappa shape index (κ3) is 7.86. The van der Waals surface area contributed by atoms with E-state index in [-0.39, 0.29) is 16.6 Å². The highest BCUT2D eigenvalue weighted by Gasteiger charge is 2.23. The Morgan fingerprint density at radius 1 is 1.00 bits per heavy atom. The molecule has 4 nitrogen and oxygen atoms in total. The van der Waals surface area contributed by atoms with Crippen LogP contribution in [-0.2, 0) is 4.79 Å². The first-order valence-electron chi connectivity index (χ1n) is 11.5. The number of nitrogens with one attached hydrogen (secondary N) is 3. The number of carbonyl (C=O) groups excluding carboxylic acids is 1. The number of benzene rings is 1. The van der Waals surface area contributed by atoms with Crippen LogP contribution in [0, 0.1) is 11.8 Å². The molecule has 1 aromatic carbocycles. The lowest BCUT2D eigenvalue weighted by Crippen LogP contribution is -2.33. The molecule has 0 spiro atoms. The summed E-state index contributed by atoms with van der Waals surface area (Å²) in [4.78, 5) is 12.5. The monoisotopic (exact) mass is 417 g/mol. The number of hydrogen-bond donors (Lipinski definition) is 3. The molecule has 2 saturated carbocycles. The van der Waals surface area contributed by atoms with E-state index in [1.54, 1.807) is 0 Å². The molecular formula is C24H39N3OS. The number of carbonyl (C=O) groups is 1. The Labute approximate surface area is 181 Å². The second-order valence-corrected chi connectivity index (χ2v) is 11.5. The lowest BCUT2D eigenvalue weighted by molar-refractivity contribution is -0.120. The van der Waals surface area contributed by atoms with Crippen molar-refractivity contribution in [1.29, 1.82) is 0 Å². The third-order valence-corrected chi connectivity index (χ3v) is 7.14. The molecule has 0 bridgehead atoms. The SMILES string of the molecule is CC(C)(C)SNC1CCC(CNc2cccc(NC(=O)C3CCCCC3)c2)CC1. The summed E-state index contributed by atoms with van der Waals surface area (Å²) in [6.07, 6.45) is 10.8. The lowest BCUT2D eigenvalue weighted by atomic mass is 9.86. The molecule has 0 aromatic heterocycles. The minimum atomic E-state index is 0.195. The van der Waals surface area contributed by atoms with E-state index in [1.165, 1.54) is 44.9 Å². The zero-order chi connectivity index (χ0) is 20.7. The first-order valence-corrected chi connectivity index (χ1v) is 12.3. The van der Waals surface area contributed by atoms with Crippen LogP contribution in [0.3, 0.4) is 0 Å². The van der Waals surface area contributed by atoms with E-state index in [0.717, 1.165) is 36.7 Å². The molecule has 0 unspecified atom stereocenters. The van der Waals surface area contributed by atoms with Crippen molar-refractivity contribution in [3.05, 3.63) is 24.3 Å². The van der Waals surface area contributed by atoms with Gasteiger partial charge in [-0.1, -0.05) is 37.3 Å². The van der Waals surface area contributed by atoms with Gasteiger partial charge in [-0.3, -0.25) is 9.52 Å². The van der Waals surface area contributed by atoms with Gasteiger partial charge in [0.15, 0.2) is 0 Å². The average molecular weight is 418 g/mol. The Morgan fingerprint density at radius 2 is 1.69 bits per heavy atom. The molecule has 5 heteroatoms. The highest BCUT2D eigenvalue weighted by molar-refractivity contribution is 7.98. The van der Waals surface area contributed by atoms with Gasteiger partial charge in [0.05, 0.1) is 0 Å². The van der Waals surface area contributed by atoms with Gasteiger partial charge in [-0.05, 0) is 83.4 Å². The topological polar surface area (TPSA) is 53.2 Å². The van der Waals surface area contributed by atoms with Crippen molar-refractivity contribution in [3.63, 3.8) is 0 Å². The van der Waals surface area contributed by atoms with Gasteiger partial charge in [0.25, 0.3) is 0 Å². The fraction of sp³-hybridized carbons (Fsp3) is 0.708. The Bertz CT molecular complexity index is 644. The summed E-state index contributed by atoms with van der Waals surface area (Å²) < 4.78 is 3.94. The van der Waals surface area contributed by atoms with Crippen LogP contribution in [0.5, 0.6) is 0 Å². The van der Waals surface area contributed by atoms with E-state index in [4.69, 9.17) is 0 Å². The van der Waals surface area contributed by atoms with Gasteiger partial charge in [0.2, 0.25) is 5.91 Å². The first-order chi connectivity index (χ1) is 13.9. The van der Waals surface area contributed by atoms with Gasteiger partial charge >= 0.3 is 0 Å². The molecule has 3 N–H and O–H groups in total. The molecule has 162 valence electrons. The first kappa shape index (κ1) is 22.5. The summed E-state index contributed by atoms with van der Waals surface area (Å²) in [5, 5.41) is 6.73. The molecule has 29 heavy (non-hydrogen) atoms. The summed E-state index contributed by atoms with van der Waals surface area (Å²) in [6.45, 7) is 7.78. The number of anilines is 2. The maximum atomic E-state index is 12.5. The van der Waals surface area contributed by atoms with Crippen molar-refractivity contribution in [3.8, 4) is 0 Å². The van der Waals surface area contributed by atoms with Crippen molar-refractivity contribution >= 4 is 29.2 Å². The van der Waals surface area contributed by atoms with Crippen LogP contribution < -0.4 is 15.4 Å². The van der Waals surface area contributed by atoms with E-state index in [2.05, 4.69) is 48.3 Å². The minimum Gasteiger partial charge on any atom is -0.385 e. The molecule has 0 saturated heterocycles. The summed E-state index contributed by atoms with van der Waals surface area (Å²) in [5.74, 6) is 1.12. The summed E-state index contributed by atoms with van der Waals surface area (Å²) in [7, 11) is 0. The molecule has 0 atom stereocenters. The normalized spacial score (nSPS) is 23.6. The smallest absolute Gasteiger partial charge is 0.227 e. The minimum absolute atomic E-state index is 0.195. The summed E-state index contributed by atoms with van der Waals surface area (Å²) in [6, 6.07) is 8.85. The fourth-order valence-electron chi connectivity index (χ4n) is 4.32. The second-order valence-electron chi connectivity index (χ2n) is 9.84. The largest absolute Gasteiger partial charge is 0.385 e. The molecule has 0 aliphatic heterocycles. The van der Waals surface area contributed by atoms with Crippen molar-refractivity contribution in [1.82, 2.24) is 4.72 Å². The predicted molar refractivity (Wildman–Crippen MR) is 126 cm³/mol. The van der Waals surface area contributed by atoms with Crippen molar-refractivity contribution < 1.29 is 4.79 Å². The summed E-state index contributed by atoms with van der Waals surface area (Å²) >= 11 is 1.87. The van der Waals surface area contributed by atoms with Crippen molar-refractivity contribution in [2.75, 3.05) is 17.2 Å². The van der Waals surface area contributed by atoms with Crippen LogP contribution in [0.25, 0.3) is 0 Å². The van der Waals surface area contributed by atoms with Crippen molar-refractivity contribution in [2.24, 2.45) is 11.8 Å². The van der Waals surface area contributed by atoms with Gasteiger partial charge in [-0.2, -0.15) is 0 Å². The van der Waals surface area contributed by atoms with Crippen LogP contribution in [0.2, 0.25) is 0 Å². The van der Waals surface area contributed by atoms with E-state index >= 15 is 0 Å². The van der Waals surface area contributed by atoms with Crippen LogP contribution >= 0.6 is 11.9 Å². The van der Waals surface area contributed by atoms with Gasteiger partial charge < -0.3 is 10.6 Å². The number of rotatable bonds is 7. The molecule has 0 radical (unpaired) electrons. The Balaban J connectivity index is 1.40. The van der Waals surface area contributed by atoms with E-state index < -0.39 is 0 Å². The fourth-order valence-corrected chi connectivity index (χ4v) is 5.08. The number of amides is 1. The van der Waals surface area contributed by atoms with E-state index in [1.807, 2.05) is 24.1 Å². The molecule has 1 amide bonds. The number of hydrogen-bond acceptors (Lipinski definition) is 4. The van der Waals surface area contributed by atoms with Gasteiger partial charge in [0, 0.05) is 34.6 Å². The van der Waals surface area contributed by atoms with Crippen LogP contribution in [0.15, 0.2) is 24.3 Å². The lowest BCUT2D eigenvalue weighted by Gasteiger charge is -2.31. The molecule has 1 aromatic rings. The van der Waals surface area contributed by atoms with Crippen LogP contribution in [0.1, 0.15) is 78.6 Å². The molecule has 2 fully saturated rings. The molecule has 0 heterocycles. The predicted octanol–water partition coefficient (Wildman–Crippen LogP) is 6.21. The molecule has 2 aliphatic rings. The second kappa shape index (κ2) is 10.7. The van der Waals surface area contributed by atoms with Crippen molar-refractivity contribution in [2.45, 2.75) is 89.3 Å². The highest BCUT2D eigenvalue weighted by atomic mass is 32.2. The maximum absolute atomic E-state index is 12.5. The average Bonchev–Trinajstić information content (AvgIpc) is 2.72. The summed E-state index contributed by atoms with van der Waals surface area (Å²) in [5.41, 5.74) is 2.02. The Kier molecular flexibility index (Phi) is 8.31. The van der Waals surface area contributed by atoms with Gasteiger partial charge in [-0.15, -0.1) is 0 Å². The highest BCUT2D eigenvalue weighted by Crippen LogP contribution is 2.29. The molecular weight excluding hydrogens is 378 g/mol. The zero-order valence-corrected chi connectivity index (χ0v) is 19.2. The molecule has 3 rings (SSSR count). The quantitative estimate of drug-likeness (QED) is 0.462. The van der Waals surface area contributed by atoms with Crippen LogP contribution in [-0.4, -0.2) is 23.2 Å². The zero-order valence-electron chi connectivity index (χ0n) is 18.4. The van der Waals surface area contributed by atoms with E-state index in [9.17, 15) is 4.79 Å². The standard InChI is InChI=1S/C24H39N3OS/c1-24(2,3)29-27-20-14-12-18(13-15-20)17-25-21-10-7-11-22(16-21)26-23(28)19-8-5-4-6-9-19/h7,10-11,16,18-20,25,27H,4-6,8-9,12-15,17H2,1-3H3,(H,26,28). The Hall–Kier alpha value is -1.20. The third-order valence-electron chi connectivity index (χ3n) is 6.08. The van der Waals surface area contributed by atoms with Gasteiger partial charge in [-0.25, -0.2) is 0 Å². The molecule has 2 aliphatic carbocycles. The Morgan fingerprint density at radius 3 is 2.38 bits per heavy atom. The van der Waals surface area contributed by atoms with Gasteiger partial charge in [0.1, 0.15) is 0 Å².